The Labute approximate surface area is 99.6 Å². The summed E-state index contributed by atoms with van der Waals surface area (Å²) in [4.78, 5) is 0. The van der Waals surface area contributed by atoms with Crippen LogP contribution in [0.25, 0.3) is 0 Å². The molecule has 1 nitrogen and oxygen atoms in total. The average molecular weight is 222 g/mol. The van der Waals surface area contributed by atoms with Crippen LogP contribution in [0.2, 0.25) is 0 Å². The molecule has 0 bridgehead atoms. The zero-order chi connectivity index (χ0) is 11.7. The predicted octanol–water partition coefficient (Wildman–Crippen LogP) is 3.47. The molecule has 1 heteroatoms. The molecule has 0 aromatic heterocycles. The molecule has 0 heterocycles. The Morgan fingerprint density at radius 3 is 2.38 bits per heavy atom. The van der Waals surface area contributed by atoms with Crippen LogP contribution in [-0.2, 0) is 0 Å². The van der Waals surface area contributed by atoms with E-state index in [0.29, 0.717) is 17.3 Å². The summed E-state index contributed by atoms with van der Waals surface area (Å²) < 4.78 is 0. The van der Waals surface area contributed by atoms with Crippen molar-refractivity contribution in [1.29, 1.82) is 0 Å². The van der Waals surface area contributed by atoms with E-state index in [9.17, 15) is 5.11 Å². The molecule has 3 aliphatic rings. The minimum Gasteiger partial charge on any atom is -0.389 e. The molecule has 1 N–H and O–H groups in total. The average Bonchev–Trinajstić information content (AvgIpc) is 2.64. The molecule has 0 amide bonds. The van der Waals surface area contributed by atoms with Crippen molar-refractivity contribution in [2.24, 2.45) is 35.0 Å². The summed E-state index contributed by atoms with van der Waals surface area (Å²) in [6, 6.07) is 0. The fourth-order valence-electron chi connectivity index (χ4n) is 5.27. The first-order valence-electron chi connectivity index (χ1n) is 7.11. The molecule has 0 aromatic rings. The molecular formula is C15H26O. The zero-order valence-corrected chi connectivity index (χ0v) is 11.2. The lowest BCUT2D eigenvalue weighted by Gasteiger charge is -2.37. The zero-order valence-electron chi connectivity index (χ0n) is 11.2. The number of aliphatic hydroxyl groups is 1. The van der Waals surface area contributed by atoms with Crippen LogP contribution < -0.4 is 0 Å². The Bertz CT molecular complexity index is 309. The number of hydrogen-bond acceptors (Lipinski definition) is 1. The minimum atomic E-state index is -0.327. The van der Waals surface area contributed by atoms with Crippen molar-refractivity contribution < 1.29 is 5.11 Å². The van der Waals surface area contributed by atoms with Crippen LogP contribution in [0.4, 0.5) is 0 Å². The van der Waals surface area contributed by atoms with Gasteiger partial charge in [-0.15, -0.1) is 0 Å². The van der Waals surface area contributed by atoms with Crippen LogP contribution in [0, 0.1) is 35.0 Å². The van der Waals surface area contributed by atoms with Crippen molar-refractivity contribution in [2.75, 3.05) is 0 Å². The van der Waals surface area contributed by atoms with Crippen LogP contribution in [0.5, 0.6) is 0 Å². The summed E-state index contributed by atoms with van der Waals surface area (Å²) in [7, 11) is 0. The van der Waals surface area contributed by atoms with E-state index in [0.717, 1.165) is 24.2 Å². The van der Waals surface area contributed by atoms with Gasteiger partial charge < -0.3 is 5.11 Å². The van der Waals surface area contributed by atoms with Crippen molar-refractivity contribution in [2.45, 2.75) is 59.0 Å². The quantitative estimate of drug-likeness (QED) is 0.665. The van der Waals surface area contributed by atoms with E-state index >= 15 is 0 Å². The Kier molecular flexibility index (Phi) is 2.11. The molecule has 3 saturated carbocycles. The lowest BCUT2D eigenvalue weighted by Crippen LogP contribution is -2.42. The Morgan fingerprint density at radius 1 is 1.00 bits per heavy atom. The molecule has 3 fully saturated rings. The highest BCUT2D eigenvalue weighted by atomic mass is 16.3. The number of rotatable bonds is 0. The first kappa shape index (κ1) is 11.1. The van der Waals surface area contributed by atoms with Crippen molar-refractivity contribution >= 4 is 0 Å². The molecule has 0 aromatic carbocycles. The van der Waals surface area contributed by atoms with Gasteiger partial charge in [0.2, 0.25) is 0 Å². The molecule has 0 radical (unpaired) electrons. The van der Waals surface area contributed by atoms with Crippen LogP contribution in [0.15, 0.2) is 0 Å². The van der Waals surface area contributed by atoms with E-state index in [1.54, 1.807) is 0 Å². The van der Waals surface area contributed by atoms with Gasteiger partial charge in [-0.05, 0) is 60.7 Å². The van der Waals surface area contributed by atoms with Crippen molar-refractivity contribution in [3.05, 3.63) is 0 Å². The third kappa shape index (κ3) is 1.16. The van der Waals surface area contributed by atoms with Crippen LogP contribution in [0.1, 0.15) is 53.4 Å². The molecule has 0 unspecified atom stereocenters. The third-order valence-electron chi connectivity index (χ3n) is 6.48. The first-order valence-corrected chi connectivity index (χ1v) is 7.11. The maximum atomic E-state index is 11.1. The molecular weight excluding hydrogens is 196 g/mol. The summed E-state index contributed by atoms with van der Waals surface area (Å²) in [5.74, 6) is 3.55. The highest BCUT2D eigenvalue weighted by Gasteiger charge is 2.68. The highest BCUT2D eigenvalue weighted by Crippen LogP contribution is 2.71. The van der Waals surface area contributed by atoms with E-state index in [4.69, 9.17) is 0 Å². The fraction of sp³-hybridized carbons (Fsp3) is 1.00. The van der Waals surface area contributed by atoms with E-state index < -0.39 is 0 Å². The van der Waals surface area contributed by atoms with Gasteiger partial charge in [-0.25, -0.2) is 0 Å². The lowest BCUT2D eigenvalue weighted by atomic mass is 9.73. The minimum absolute atomic E-state index is 0.327. The SMILES string of the molecule is C[C@@H]1CC[C@@]2(O)[C@H]1[C@@H]1[C@@H](CC[C@@H]2C)C1(C)C. The molecule has 3 aliphatic carbocycles. The second-order valence-corrected chi connectivity index (χ2v) is 7.47. The Morgan fingerprint density at radius 2 is 1.69 bits per heavy atom. The monoisotopic (exact) mass is 222 g/mol. The lowest BCUT2D eigenvalue weighted by molar-refractivity contribution is -0.0624. The summed E-state index contributed by atoms with van der Waals surface area (Å²) >= 11 is 0. The van der Waals surface area contributed by atoms with E-state index in [2.05, 4.69) is 27.7 Å². The van der Waals surface area contributed by atoms with Gasteiger partial charge in [-0.3, -0.25) is 0 Å². The maximum Gasteiger partial charge on any atom is 0.0706 e. The Hall–Kier alpha value is -0.0400. The second-order valence-electron chi connectivity index (χ2n) is 7.47. The summed E-state index contributed by atoms with van der Waals surface area (Å²) in [5.41, 5.74) is 0.185. The van der Waals surface area contributed by atoms with Crippen LogP contribution in [-0.4, -0.2) is 10.7 Å². The Balaban J connectivity index is 1.98. The standard InChI is InChI=1S/C15H26O/c1-9-7-8-15(16)10(2)5-6-11-13(12(9)15)14(11,3)4/h9-13,16H,5-8H2,1-4H3/t9-,10+,11-,12-,13+,15+/m1/s1. The number of fused-ring (bicyclic) bond motifs is 3. The van der Waals surface area contributed by atoms with Gasteiger partial charge in [0.05, 0.1) is 5.60 Å². The van der Waals surface area contributed by atoms with Crippen LogP contribution >= 0.6 is 0 Å². The normalized spacial score (nSPS) is 58.7. The van der Waals surface area contributed by atoms with E-state index in [-0.39, 0.29) is 5.60 Å². The second kappa shape index (κ2) is 3.04. The molecule has 0 saturated heterocycles. The van der Waals surface area contributed by atoms with Gasteiger partial charge >= 0.3 is 0 Å². The van der Waals surface area contributed by atoms with Gasteiger partial charge in [-0.2, -0.15) is 0 Å². The number of hydrogen-bond donors (Lipinski definition) is 1. The van der Waals surface area contributed by atoms with E-state index in [1.165, 1.54) is 19.3 Å². The summed E-state index contributed by atoms with van der Waals surface area (Å²) in [5, 5.41) is 11.1. The summed E-state index contributed by atoms with van der Waals surface area (Å²) in [6.45, 7) is 9.49. The molecule has 3 rings (SSSR count). The highest BCUT2D eigenvalue weighted by molar-refractivity contribution is 5.17. The molecule has 0 aliphatic heterocycles. The van der Waals surface area contributed by atoms with Crippen molar-refractivity contribution in [3.63, 3.8) is 0 Å². The largest absolute Gasteiger partial charge is 0.389 e. The van der Waals surface area contributed by atoms with Gasteiger partial charge in [0.15, 0.2) is 0 Å². The first-order chi connectivity index (χ1) is 7.39. The molecule has 92 valence electrons. The topological polar surface area (TPSA) is 20.2 Å². The third-order valence-corrected chi connectivity index (χ3v) is 6.48. The van der Waals surface area contributed by atoms with Gasteiger partial charge in [0.25, 0.3) is 0 Å². The van der Waals surface area contributed by atoms with Crippen molar-refractivity contribution in [1.82, 2.24) is 0 Å². The predicted molar refractivity (Wildman–Crippen MR) is 66.0 cm³/mol. The van der Waals surface area contributed by atoms with Crippen LogP contribution in [0.3, 0.4) is 0 Å². The van der Waals surface area contributed by atoms with E-state index in [1.807, 2.05) is 0 Å². The van der Waals surface area contributed by atoms with Gasteiger partial charge in [0.1, 0.15) is 0 Å². The maximum absolute atomic E-state index is 11.1. The van der Waals surface area contributed by atoms with Gasteiger partial charge in [-0.1, -0.05) is 27.7 Å². The fourth-order valence-corrected chi connectivity index (χ4v) is 5.27. The smallest absolute Gasteiger partial charge is 0.0706 e. The molecule has 0 spiro atoms. The molecule has 6 atom stereocenters. The van der Waals surface area contributed by atoms with Crippen molar-refractivity contribution in [3.8, 4) is 0 Å². The van der Waals surface area contributed by atoms with Gasteiger partial charge in [0, 0.05) is 0 Å². The molecule has 16 heavy (non-hydrogen) atoms. The summed E-state index contributed by atoms with van der Waals surface area (Å²) in [6.07, 6.45) is 4.89.